The molecule has 0 aromatic rings. The van der Waals surface area contributed by atoms with E-state index >= 15 is 0 Å². The molecule has 0 radical (unpaired) electrons. The molecule has 1 amide bonds. The molecule has 0 spiro atoms. The summed E-state index contributed by atoms with van der Waals surface area (Å²) < 4.78 is 11.8. The molecule has 1 saturated carbocycles. The largest absolute Gasteiger partial charge is 0.597 e. The molecule has 0 bridgehead atoms. The lowest BCUT2D eigenvalue weighted by Gasteiger charge is -2.25. The Morgan fingerprint density at radius 2 is 1.48 bits per heavy atom. The molecule has 0 aromatic carbocycles. The van der Waals surface area contributed by atoms with E-state index in [4.69, 9.17) is 9.47 Å². The van der Waals surface area contributed by atoms with Gasteiger partial charge in [-0.05, 0) is 54.4 Å². The van der Waals surface area contributed by atoms with Gasteiger partial charge in [0.05, 0.1) is 0 Å². The molecule has 1 fully saturated rings. The van der Waals surface area contributed by atoms with E-state index in [1.165, 1.54) is 0 Å². The molecule has 142 valence electrons. The average Bonchev–Trinajstić information content (AvgIpc) is 2.44. The minimum Gasteiger partial charge on any atom is -0.452 e. The lowest BCUT2D eigenvalue weighted by molar-refractivity contribution is -0.481. The van der Waals surface area contributed by atoms with Crippen LogP contribution in [-0.4, -0.2) is 46.4 Å². The molecule has 0 aromatic heterocycles. The van der Waals surface area contributed by atoms with E-state index in [2.05, 4.69) is 0 Å². The maximum Gasteiger partial charge on any atom is 0.597 e. The summed E-state index contributed by atoms with van der Waals surface area (Å²) in [7, 11) is 0. The highest BCUT2D eigenvalue weighted by Gasteiger charge is 2.40. The van der Waals surface area contributed by atoms with Crippen LogP contribution in [-0.2, 0) is 19.1 Å². The fraction of sp³-hybridized carbons (Fsp3) is 0.789. The molecule has 0 aliphatic heterocycles. The highest BCUT2D eigenvalue weighted by molar-refractivity contribution is 6.21. The minimum atomic E-state index is -0.725. The van der Waals surface area contributed by atoms with Crippen molar-refractivity contribution >= 4 is 24.6 Å². The van der Waals surface area contributed by atoms with Gasteiger partial charge in [-0.25, -0.2) is 4.79 Å². The van der Waals surface area contributed by atoms with Crippen LogP contribution >= 0.6 is 0 Å². The van der Waals surface area contributed by atoms with Crippen LogP contribution in [0.1, 0.15) is 73.6 Å². The van der Waals surface area contributed by atoms with E-state index in [1.807, 2.05) is 0 Å². The van der Waals surface area contributed by atoms with Crippen LogP contribution in [0.4, 0.5) is 4.79 Å². The molecule has 6 nitrogen and oxygen atoms in total. The number of ether oxygens (including phenoxy) is 2. The van der Waals surface area contributed by atoms with Crippen molar-refractivity contribution in [3.8, 4) is 0 Å². The summed E-state index contributed by atoms with van der Waals surface area (Å²) in [6.45, 7) is 10.5. The summed E-state index contributed by atoms with van der Waals surface area (Å²) in [6.07, 6.45) is 5.96. The molecule has 6 heteroatoms. The van der Waals surface area contributed by atoms with E-state index in [0.29, 0.717) is 0 Å². The molecule has 0 heterocycles. The van der Waals surface area contributed by atoms with Gasteiger partial charge in [-0.1, -0.05) is 19.3 Å². The molecule has 0 unspecified atom stereocenters. The third-order valence-corrected chi connectivity index (χ3v) is 3.85. The summed E-state index contributed by atoms with van der Waals surface area (Å²) in [5.41, 5.74) is -1.41. The first kappa shape index (κ1) is 21.3. The Hall–Kier alpha value is -1.72. The lowest BCUT2D eigenvalue weighted by atomic mass is 9.84. The van der Waals surface area contributed by atoms with Crippen molar-refractivity contribution in [3.05, 3.63) is 0 Å². The fourth-order valence-corrected chi connectivity index (χ4v) is 2.90. The number of esters is 1. The highest BCUT2D eigenvalue weighted by Crippen LogP contribution is 2.27. The number of aldehydes is 1. The van der Waals surface area contributed by atoms with Gasteiger partial charge in [0.2, 0.25) is 6.04 Å². The average molecular weight is 354 g/mol. The maximum atomic E-state index is 12.6. The minimum absolute atomic E-state index is 0.0254. The number of amides is 1. The molecule has 25 heavy (non-hydrogen) atoms. The van der Waals surface area contributed by atoms with Crippen LogP contribution in [0.5, 0.6) is 0 Å². The van der Waals surface area contributed by atoms with Crippen LogP contribution in [0.15, 0.2) is 0 Å². The molecule has 0 saturated heterocycles. The van der Waals surface area contributed by atoms with Crippen LogP contribution in [0.2, 0.25) is 0 Å². The van der Waals surface area contributed by atoms with Gasteiger partial charge in [0.1, 0.15) is 11.2 Å². The van der Waals surface area contributed by atoms with Crippen molar-refractivity contribution in [1.82, 2.24) is 0 Å². The van der Waals surface area contributed by atoms with Gasteiger partial charge < -0.3 is 9.47 Å². The topological polar surface area (TPSA) is 72.7 Å². The van der Waals surface area contributed by atoms with E-state index in [1.54, 1.807) is 41.5 Å². The number of nitrogens with zero attached hydrogens (tertiary/aromatic N) is 1. The second kappa shape index (κ2) is 8.59. The van der Waals surface area contributed by atoms with E-state index < -0.39 is 29.3 Å². The Labute approximate surface area is 150 Å². The van der Waals surface area contributed by atoms with Gasteiger partial charge >= 0.3 is 12.1 Å². The number of carbonyl (C=O) groups is 3. The van der Waals surface area contributed by atoms with Gasteiger partial charge in [-0.15, -0.1) is 4.58 Å². The second-order valence-corrected chi connectivity index (χ2v) is 8.57. The van der Waals surface area contributed by atoms with Crippen LogP contribution in [0.25, 0.3) is 0 Å². The molecule has 1 rings (SSSR count). The van der Waals surface area contributed by atoms with Crippen LogP contribution in [0.3, 0.4) is 0 Å². The molecular weight excluding hydrogens is 322 g/mol. The summed E-state index contributed by atoms with van der Waals surface area (Å²) >= 11 is 0. The molecule has 0 N–H and O–H groups in total. The van der Waals surface area contributed by atoms with Gasteiger partial charge in [0, 0.05) is 5.92 Å². The first-order chi connectivity index (χ1) is 11.4. The van der Waals surface area contributed by atoms with Crippen molar-refractivity contribution in [2.75, 3.05) is 0 Å². The smallest absolute Gasteiger partial charge is 0.452 e. The fourth-order valence-electron chi connectivity index (χ4n) is 2.90. The molecule has 1 atom stereocenters. The zero-order chi connectivity index (χ0) is 19.3. The van der Waals surface area contributed by atoms with E-state index in [0.717, 1.165) is 49.2 Å². The van der Waals surface area contributed by atoms with Crippen LogP contribution < -0.4 is 0 Å². The number of hydrogen-bond acceptors (Lipinski definition) is 5. The van der Waals surface area contributed by atoms with Crippen molar-refractivity contribution in [3.63, 3.8) is 0 Å². The summed E-state index contributed by atoms with van der Waals surface area (Å²) in [6, 6.07) is -0.720. The number of carbonyl (C=O) groups excluding carboxylic acids is 3. The van der Waals surface area contributed by atoms with Gasteiger partial charge in [-0.3, -0.25) is 4.79 Å². The first-order valence-electron chi connectivity index (χ1n) is 8.97. The second-order valence-electron chi connectivity index (χ2n) is 8.57. The molecule has 1 aliphatic carbocycles. The maximum absolute atomic E-state index is 12.6. The summed E-state index contributed by atoms with van der Waals surface area (Å²) in [5.74, 6) is -0.640. The SMILES string of the molecule is CC(C)(C)OC(=O)C=[N+](C(=O)OC(C)(C)C)[C@H](C=O)C1CCCCC1. The number of rotatable bonds is 4. The van der Waals surface area contributed by atoms with Crippen molar-refractivity contribution < 1.29 is 28.4 Å². The lowest BCUT2D eigenvalue weighted by Crippen LogP contribution is -2.44. The normalized spacial score (nSPS) is 18.4. The quantitative estimate of drug-likeness (QED) is 0.334. The molecule has 1 aliphatic rings. The molecular formula is C19H32NO5+. The van der Waals surface area contributed by atoms with Crippen LogP contribution in [0, 0.1) is 5.92 Å². The Morgan fingerprint density at radius 1 is 0.960 bits per heavy atom. The Kier molecular flexibility index (Phi) is 7.32. The Bertz CT molecular complexity index is 519. The van der Waals surface area contributed by atoms with Crippen molar-refractivity contribution in [1.29, 1.82) is 0 Å². The van der Waals surface area contributed by atoms with Gasteiger partial charge in [-0.2, -0.15) is 4.79 Å². The third kappa shape index (κ3) is 7.80. The standard InChI is InChI=1S/C19H32NO5/c1-18(2,3)24-16(22)12-20(17(23)25-19(4,5)6)15(13-21)14-10-8-7-9-11-14/h12-15H,7-11H2,1-6H3/q+1/t15-/m1/s1. The first-order valence-corrected chi connectivity index (χ1v) is 8.97. The van der Waals surface area contributed by atoms with E-state index in [-0.39, 0.29) is 5.92 Å². The zero-order valence-corrected chi connectivity index (χ0v) is 16.3. The van der Waals surface area contributed by atoms with Crippen molar-refractivity contribution in [2.24, 2.45) is 5.92 Å². The predicted molar refractivity (Wildman–Crippen MR) is 94.8 cm³/mol. The Morgan fingerprint density at radius 3 is 1.92 bits per heavy atom. The summed E-state index contributed by atoms with van der Waals surface area (Å²) in [5, 5.41) is 0. The van der Waals surface area contributed by atoms with Gasteiger partial charge in [0.25, 0.3) is 6.21 Å². The Balaban J connectivity index is 3.13. The summed E-state index contributed by atoms with van der Waals surface area (Å²) in [4.78, 5) is 36.6. The predicted octanol–water partition coefficient (Wildman–Crippen LogP) is 3.49. The van der Waals surface area contributed by atoms with Gasteiger partial charge in [0.15, 0.2) is 6.29 Å². The zero-order valence-electron chi connectivity index (χ0n) is 16.3. The van der Waals surface area contributed by atoms with Crippen molar-refractivity contribution in [2.45, 2.75) is 90.9 Å². The third-order valence-electron chi connectivity index (χ3n) is 3.85. The highest BCUT2D eigenvalue weighted by atomic mass is 16.6. The monoisotopic (exact) mass is 354 g/mol. The van der Waals surface area contributed by atoms with E-state index in [9.17, 15) is 14.4 Å². The number of hydrogen-bond donors (Lipinski definition) is 0.